The largest absolute Gasteiger partial charge is 0.480 e. The smallest absolute Gasteiger partial charge is 0.451 e. The molecule has 0 aliphatic carbocycles. The maximum absolute atomic E-state index is 12.3. The van der Waals surface area contributed by atoms with Gasteiger partial charge in [-0.25, -0.2) is 0 Å². The molecule has 7 nitrogen and oxygen atoms in total. The van der Waals surface area contributed by atoms with Crippen LogP contribution in [0.5, 0.6) is 0 Å². The molecular weight excluding hydrogens is 346 g/mol. The molecule has 5 N–H and O–H groups in total. The van der Waals surface area contributed by atoms with Gasteiger partial charge in [0.05, 0.1) is 0 Å². The number of nitrogens with two attached hydrogens (primary N) is 1. The van der Waals surface area contributed by atoms with Gasteiger partial charge >= 0.3 is 13.1 Å². The highest BCUT2D eigenvalue weighted by Gasteiger charge is 2.47. The minimum absolute atomic E-state index is 0.0635. The Morgan fingerprint density at radius 1 is 1.32 bits per heavy atom. The van der Waals surface area contributed by atoms with E-state index in [9.17, 15) is 14.7 Å². The molecule has 1 unspecified atom stereocenters. The molecule has 1 aromatic carbocycles. The predicted molar refractivity (Wildman–Crippen MR) is 95.3 cm³/mol. The number of anilines is 1. The van der Waals surface area contributed by atoms with Gasteiger partial charge in [0.1, 0.15) is 5.54 Å². The lowest BCUT2D eigenvalue weighted by molar-refractivity contribution is -0.145. The lowest BCUT2D eigenvalue weighted by atomic mass is 9.77. The van der Waals surface area contributed by atoms with Crippen LogP contribution in [0.1, 0.15) is 25.7 Å². The van der Waals surface area contributed by atoms with Crippen molar-refractivity contribution in [1.82, 2.24) is 0 Å². The van der Waals surface area contributed by atoms with Crippen molar-refractivity contribution in [2.45, 2.75) is 37.5 Å². The van der Waals surface area contributed by atoms with Crippen molar-refractivity contribution in [2.24, 2.45) is 11.7 Å². The number of amides is 1. The maximum atomic E-state index is 12.3. The Morgan fingerprint density at radius 2 is 1.96 bits per heavy atom. The van der Waals surface area contributed by atoms with Crippen LogP contribution in [0.4, 0.5) is 5.69 Å². The number of halogens is 1. The molecule has 1 fully saturated rings. The quantitative estimate of drug-likeness (QED) is 0.402. The molecule has 1 aliphatic rings. The van der Waals surface area contributed by atoms with Crippen molar-refractivity contribution in [3.63, 3.8) is 0 Å². The van der Waals surface area contributed by atoms with Crippen LogP contribution in [0.2, 0.25) is 11.3 Å². The second-order valence-corrected chi connectivity index (χ2v) is 6.89. The van der Waals surface area contributed by atoms with Crippen LogP contribution < -0.4 is 10.6 Å². The normalized spacial score (nSPS) is 19.8. The van der Waals surface area contributed by atoms with E-state index in [4.69, 9.17) is 27.4 Å². The molecule has 0 bridgehead atoms. The number of carboxylic acid groups (broad SMARTS) is 1. The van der Waals surface area contributed by atoms with E-state index >= 15 is 0 Å². The maximum Gasteiger partial charge on any atom is 0.451 e. The summed E-state index contributed by atoms with van der Waals surface area (Å²) < 4.78 is 0. The lowest BCUT2D eigenvalue weighted by Crippen LogP contribution is -2.55. The summed E-state index contributed by atoms with van der Waals surface area (Å²) in [5.41, 5.74) is 5.29. The first-order chi connectivity index (χ1) is 11.7. The molecule has 1 aliphatic heterocycles. The van der Waals surface area contributed by atoms with Crippen molar-refractivity contribution in [3.8, 4) is 0 Å². The third-order valence-corrected chi connectivity index (χ3v) is 4.94. The Morgan fingerprint density at radius 3 is 2.52 bits per heavy atom. The van der Waals surface area contributed by atoms with Crippen molar-refractivity contribution >= 4 is 36.3 Å². The number of hydrogen-bond donors (Lipinski definition) is 4. The monoisotopic (exact) mass is 368 g/mol. The highest BCUT2D eigenvalue weighted by atomic mass is 35.5. The highest BCUT2D eigenvalue weighted by Crippen LogP contribution is 2.34. The number of carbonyl (C=O) groups is 2. The summed E-state index contributed by atoms with van der Waals surface area (Å²) in [4.78, 5) is 25.6. The minimum atomic E-state index is -1.53. The topological polar surface area (TPSA) is 124 Å². The van der Waals surface area contributed by atoms with Gasteiger partial charge in [-0.2, -0.15) is 0 Å². The Hall–Kier alpha value is -1.61. The first-order valence-electron chi connectivity index (χ1n) is 8.18. The standard InChI is InChI=1S/C16H22BClN2O5/c18-12-3-5-13(6-4-12)20-10-11(9-14(20)21)16(19,15(22)23)7-1-2-8-17(24)25/h3-6,11,24-25H,1-2,7-10,19H2,(H,22,23)/t11-,16?/m1/s1. The fraction of sp³-hybridized carbons (Fsp3) is 0.500. The van der Waals surface area contributed by atoms with Gasteiger partial charge in [0.25, 0.3) is 0 Å². The van der Waals surface area contributed by atoms with Gasteiger partial charge in [0.2, 0.25) is 5.91 Å². The van der Waals surface area contributed by atoms with Crippen molar-refractivity contribution in [1.29, 1.82) is 0 Å². The number of carboxylic acids is 1. The summed E-state index contributed by atoms with van der Waals surface area (Å²) in [5, 5.41) is 27.9. The molecule has 0 saturated carbocycles. The number of carbonyl (C=O) groups excluding carboxylic acids is 1. The van der Waals surface area contributed by atoms with Gasteiger partial charge in [-0.3, -0.25) is 9.59 Å². The van der Waals surface area contributed by atoms with Crippen molar-refractivity contribution < 1.29 is 24.7 Å². The number of rotatable bonds is 8. The number of benzene rings is 1. The van der Waals surface area contributed by atoms with Gasteiger partial charge in [-0.1, -0.05) is 24.4 Å². The van der Waals surface area contributed by atoms with Gasteiger partial charge in [-0.15, -0.1) is 0 Å². The Bertz CT molecular complexity index is 627. The van der Waals surface area contributed by atoms with Gasteiger partial charge in [0.15, 0.2) is 0 Å². The number of unbranched alkanes of at least 4 members (excludes halogenated alkanes) is 1. The van der Waals surface area contributed by atoms with Crippen LogP contribution in [0.25, 0.3) is 0 Å². The molecule has 2 rings (SSSR count). The number of aliphatic carboxylic acids is 1. The second-order valence-electron chi connectivity index (χ2n) is 6.45. The first-order valence-corrected chi connectivity index (χ1v) is 8.56. The third kappa shape index (κ3) is 4.73. The van der Waals surface area contributed by atoms with Crippen LogP contribution in [0, 0.1) is 5.92 Å². The molecule has 1 saturated heterocycles. The summed E-state index contributed by atoms with van der Waals surface area (Å²) in [6, 6.07) is 6.77. The molecule has 25 heavy (non-hydrogen) atoms. The molecule has 9 heteroatoms. The zero-order valence-electron chi connectivity index (χ0n) is 13.8. The van der Waals surface area contributed by atoms with E-state index in [0.29, 0.717) is 23.6 Å². The molecule has 2 atom stereocenters. The number of hydrogen-bond acceptors (Lipinski definition) is 5. The van der Waals surface area contributed by atoms with E-state index in [0.717, 1.165) is 0 Å². The van der Waals surface area contributed by atoms with Crippen LogP contribution in [-0.4, -0.2) is 46.2 Å². The Labute approximate surface area is 151 Å². The average molecular weight is 369 g/mol. The lowest BCUT2D eigenvalue weighted by Gasteiger charge is -2.31. The molecule has 0 aromatic heterocycles. The highest BCUT2D eigenvalue weighted by molar-refractivity contribution is 6.40. The van der Waals surface area contributed by atoms with E-state index in [2.05, 4.69) is 0 Å². The summed E-state index contributed by atoms with van der Waals surface area (Å²) in [7, 11) is -1.41. The molecule has 1 heterocycles. The Balaban J connectivity index is 2.07. The molecule has 1 aromatic rings. The van der Waals surface area contributed by atoms with E-state index in [-0.39, 0.29) is 31.6 Å². The summed E-state index contributed by atoms with van der Waals surface area (Å²) in [6.07, 6.45) is 1.28. The van der Waals surface area contributed by atoms with Crippen LogP contribution in [0.15, 0.2) is 24.3 Å². The summed E-state index contributed by atoms with van der Waals surface area (Å²) >= 11 is 5.85. The van der Waals surface area contributed by atoms with E-state index < -0.39 is 24.5 Å². The number of nitrogens with zero attached hydrogens (tertiary/aromatic N) is 1. The SMILES string of the molecule is NC(CCCCB(O)O)(C(=O)O)[C@@H]1CC(=O)N(c2ccc(Cl)cc2)C1. The third-order valence-electron chi connectivity index (χ3n) is 4.69. The Kier molecular flexibility index (Phi) is 6.45. The first kappa shape index (κ1) is 19.7. The van der Waals surface area contributed by atoms with Gasteiger partial charge in [-0.05, 0) is 37.0 Å². The van der Waals surface area contributed by atoms with Crippen molar-refractivity contribution in [2.75, 3.05) is 11.4 Å². The average Bonchev–Trinajstić information content (AvgIpc) is 2.94. The van der Waals surface area contributed by atoms with Crippen LogP contribution in [-0.2, 0) is 9.59 Å². The van der Waals surface area contributed by atoms with Crippen LogP contribution >= 0.6 is 11.6 Å². The van der Waals surface area contributed by atoms with Gasteiger partial charge < -0.3 is 25.8 Å². The van der Waals surface area contributed by atoms with E-state index in [1.165, 1.54) is 4.90 Å². The van der Waals surface area contributed by atoms with Gasteiger partial charge in [0, 0.05) is 29.6 Å². The zero-order chi connectivity index (χ0) is 18.6. The second kappa shape index (κ2) is 8.18. The predicted octanol–water partition coefficient (Wildman–Crippen LogP) is 1.12. The molecule has 1 amide bonds. The summed E-state index contributed by atoms with van der Waals surface area (Å²) in [6.45, 7) is 0.228. The van der Waals surface area contributed by atoms with Crippen molar-refractivity contribution in [3.05, 3.63) is 29.3 Å². The minimum Gasteiger partial charge on any atom is -0.480 e. The fourth-order valence-corrected chi connectivity index (χ4v) is 3.28. The zero-order valence-corrected chi connectivity index (χ0v) is 14.5. The molecule has 0 radical (unpaired) electrons. The van der Waals surface area contributed by atoms with Crippen LogP contribution in [0.3, 0.4) is 0 Å². The molecule has 136 valence electrons. The summed E-state index contributed by atoms with van der Waals surface area (Å²) in [5.74, 6) is -1.84. The molecule has 0 spiro atoms. The van der Waals surface area contributed by atoms with E-state index in [1.807, 2.05) is 0 Å². The molecular formula is C16H22BClN2O5. The fourth-order valence-electron chi connectivity index (χ4n) is 3.15. The van der Waals surface area contributed by atoms with E-state index in [1.54, 1.807) is 24.3 Å².